The third kappa shape index (κ3) is 4.86. The number of nitrogens with zero attached hydrogens (tertiary/aromatic N) is 2. The second-order valence-corrected chi connectivity index (χ2v) is 6.41. The minimum Gasteiger partial charge on any atom is -0.478 e. The Morgan fingerprint density at radius 3 is 2.50 bits per heavy atom. The molecule has 0 aliphatic rings. The second-order valence-electron chi connectivity index (χ2n) is 5.97. The van der Waals surface area contributed by atoms with Crippen LogP contribution >= 0.6 is 11.6 Å². The number of aromatic nitrogens is 1. The molecule has 128 valence electrons. The zero-order chi connectivity index (χ0) is 17.7. The first-order chi connectivity index (χ1) is 11.4. The lowest BCUT2D eigenvalue weighted by atomic mass is 10.2. The Morgan fingerprint density at radius 1 is 1.29 bits per heavy atom. The smallest absolute Gasteiger partial charge is 0.335 e. The van der Waals surface area contributed by atoms with Crippen molar-refractivity contribution in [3.63, 3.8) is 0 Å². The first-order valence-electron chi connectivity index (χ1n) is 7.92. The maximum Gasteiger partial charge on any atom is 0.335 e. The maximum absolute atomic E-state index is 10.9. The molecule has 0 amide bonds. The number of anilines is 3. The van der Waals surface area contributed by atoms with Gasteiger partial charge in [-0.05, 0) is 49.2 Å². The molecule has 0 spiro atoms. The molecule has 1 aromatic carbocycles. The molecule has 1 aromatic heterocycles. The molecule has 2 N–H and O–H groups in total. The largest absolute Gasteiger partial charge is 0.478 e. The summed E-state index contributed by atoms with van der Waals surface area (Å²) in [4.78, 5) is 17.7. The van der Waals surface area contributed by atoms with Crippen LogP contribution in [0, 0.1) is 5.92 Å². The fourth-order valence-electron chi connectivity index (χ4n) is 2.38. The Kier molecular flexibility index (Phi) is 6.04. The van der Waals surface area contributed by atoms with E-state index in [2.05, 4.69) is 36.0 Å². The molecule has 0 aliphatic carbocycles. The number of carbonyl (C=O) groups is 1. The summed E-state index contributed by atoms with van der Waals surface area (Å²) in [6.45, 7) is 8.16. The number of carboxylic acid groups (broad SMARTS) is 1. The highest BCUT2D eigenvalue weighted by atomic mass is 35.5. The van der Waals surface area contributed by atoms with Gasteiger partial charge in [0.05, 0.1) is 5.56 Å². The van der Waals surface area contributed by atoms with Gasteiger partial charge in [-0.25, -0.2) is 9.78 Å². The van der Waals surface area contributed by atoms with E-state index in [4.69, 9.17) is 16.7 Å². The monoisotopic (exact) mass is 347 g/mol. The molecule has 0 saturated carbocycles. The summed E-state index contributed by atoms with van der Waals surface area (Å²) in [6, 6.07) is 10.1. The topological polar surface area (TPSA) is 65.5 Å². The second kappa shape index (κ2) is 8.02. The van der Waals surface area contributed by atoms with Gasteiger partial charge in [0, 0.05) is 23.8 Å². The first kappa shape index (κ1) is 18.1. The van der Waals surface area contributed by atoms with Gasteiger partial charge in [-0.15, -0.1) is 0 Å². The zero-order valence-electron chi connectivity index (χ0n) is 14.1. The van der Waals surface area contributed by atoms with Crippen LogP contribution in [0.2, 0.25) is 5.02 Å². The van der Waals surface area contributed by atoms with E-state index in [0.717, 1.165) is 24.6 Å². The van der Waals surface area contributed by atoms with E-state index < -0.39 is 5.97 Å². The van der Waals surface area contributed by atoms with Gasteiger partial charge in [0.2, 0.25) is 0 Å². The van der Waals surface area contributed by atoms with Crippen LogP contribution < -0.4 is 10.2 Å². The van der Waals surface area contributed by atoms with Crippen molar-refractivity contribution < 1.29 is 9.90 Å². The van der Waals surface area contributed by atoms with Crippen LogP contribution in [-0.4, -0.2) is 29.1 Å². The molecule has 1 heterocycles. The number of carboxylic acids is 1. The fourth-order valence-corrected chi connectivity index (χ4v) is 2.58. The summed E-state index contributed by atoms with van der Waals surface area (Å²) < 4.78 is 0. The molecule has 5 nitrogen and oxygen atoms in total. The molecule has 2 aromatic rings. The van der Waals surface area contributed by atoms with Gasteiger partial charge in [-0.2, -0.15) is 0 Å². The number of halogens is 1. The summed E-state index contributed by atoms with van der Waals surface area (Å²) in [5.74, 6) is 1.02. The van der Waals surface area contributed by atoms with Crippen LogP contribution in [0.3, 0.4) is 0 Å². The minimum atomic E-state index is -0.947. The highest BCUT2D eigenvalue weighted by molar-refractivity contribution is 6.31. The predicted molar refractivity (Wildman–Crippen MR) is 98.7 cm³/mol. The number of benzene rings is 1. The standard InChI is InChI=1S/C18H22ClN3O2/c1-4-22(11-12(2)3)17-10-14(19)9-16(21-17)20-15-7-5-13(6-8-15)18(23)24/h5-10,12H,4,11H2,1-3H3,(H,20,21)(H,23,24). The number of hydrogen-bond donors (Lipinski definition) is 2. The average Bonchev–Trinajstić information content (AvgIpc) is 2.52. The van der Waals surface area contributed by atoms with Crippen LogP contribution in [0.4, 0.5) is 17.3 Å². The molecule has 0 bridgehead atoms. The zero-order valence-corrected chi connectivity index (χ0v) is 14.8. The van der Waals surface area contributed by atoms with Crippen LogP contribution in [0.5, 0.6) is 0 Å². The molecule has 0 atom stereocenters. The van der Waals surface area contributed by atoms with Gasteiger partial charge in [0.1, 0.15) is 11.6 Å². The van der Waals surface area contributed by atoms with Crippen molar-refractivity contribution in [2.24, 2.45) is 5.92 Å². The van der Waals surface area contributed by atoms with Gasteiger partial charge >= 0.3 is 5.97 Å². The third-order valence-corrected chi connectivity index (χ3v) is 3.69. The SMILES string of the molecule is CCN(CC(C)C)c1cc(Cl)cc(Nc2ccc(C(=O)O)cc2)n1. The summed E-state index contributed by atoms with van der Waals surface area (Å²) in [5.41, 5.74) is 1.00. The minimum absolute atomic E-state index is 0.245. The van der Waals surface area contributed by atoms with Gasteiger partial charge in [-0.1, -0.05) is 25.4 Å². The lowest BCUT2D eigenvalue weighted by Crippen LogP contribution is -2.28. The lowest BCUT2D eigenvalue weighted by molar-refractivity contribution is 0.0697. The summed E-state index contributed by atoms with van der Waals surface area (Å²) in [6.07, 6.45) is 0. The number of pyridine rings is 1. The Hall–Kier alpha value is -2.27. The van der Waals surface area contributed by atoms with Crippen molar-refractivity contribution >= 4 is 34.9 Å². The highest BCUT2D eigenvalue weighted by Gasteiger charge is 2.11. The van der Waals surface area contributed by atoms with Gasteiger partial charge in [0.25, 0.3) is 0 Å². The van der Waals surface area contributed by atoms with Crippen molar-refractivity contribution in [2.45, 2.75) is 20.8 Å². The number of rotatable bonds is 7. The Bertz CT molecular complexity index is 702. The third-order valence-electron chi connectivity index (χ3n) is 3.47. The number of hydrogen-bond acceptors (Lipinski definition) is 4. The van der Waals surface area contributed by atoms with Gasteiger partial charge < -0.3 is 15.3 Å². The van der Waals surface area contributed by atoms with E-state index in [1.165, 1.54) is 0 Å². The van der Waals surface area contributed by atoms with E-state index in [0.29, 0.717) is 16.8 Å². The molecule has 6 heteroatoms. The van der Waals surface area contributed by atoms with Crippen LogP contribution in [-0.2, 0) is 0 Å². The van der Waals surface area contributed by atoms with E-state index in [1.807, 2.05) is 6.07 Å². The molecular weight excluding hydrogens is 326 g/mol. The highest BCUT2D eigenvalue weighted by Crippen LogP contribution is 2.24. The Balaban J connectivity index is 2.22. The molecule has 0 radical (unpaired) electrons. The molecule has 2 rings (SSSR count). The molecule has 0 unspecified atom stereocenters. The predicted octanol–water partition coefficient (Wildman–Crippen LogP) is 4.66. The molecule has 0 aliphatic heterocycles. The summed E-state index contributed by atoms with van der Waals surface area (Å²) >= 11 is 6.24. The van der Waals surface area contributed by atoms with Crippen molar-refractivity contribution in [3.05, 3.63) is 47.0 Å². The van der Waals surface area contributed by atoms with E-state index in [1.54, 1.807) is 30.3 Å². The van der Waals surface area contributed by atoms with E-state index in [-0.39, 0.29) is 5.56 Å². The van der Waals surface area contributed by atoms with Crippen LogP contribution in [0.15, 0.2) is 36.4 Å². The Morgan fingerprint density at radius 2 is 1.96 bits per heavy atom. The van der Waals surface area contributed by atoms with Gasteiger partial charge in [0.15, 0.2) is 0 Å². The summed E-state index contributed by atoms with van der Waals surface area (Å²) in [5, 5.41) is 12.7. The molecule has 0 saturated heterocycles. The maximum atomic E-state index is 10.9. The van der Waals surface area contributed by atoms with Crippen molar-refractivity contribution in [1.82, 2.24) is 4.98 Å². The van der Waals surface area contributed by atoms with Crippen molar-refractivity contribution in [2.75, 3.05) is 23.3 Å². The van der Waals surface area contributed by atoms with E-state index in [9.17, 15) is 4.79 Å². The van der Waals surface area contributed by atoms with Crippen LogP contribution in [0.25, 0.3) is 0 Å². The number of aromatic carboxylic acids is 1. The van der Waals surface area contributed by atoms with Crippen molar-refractivity contribution in [1.29, 1.82) is 0 Å². The first-order valence-corrected chi connectivity index (χ1v) is 8.29. The molecule has 0 fully saturated rings. The van der Waals surface area contributed by atoms with Crippen molar-refractivity contribution in [3.8, 4) is 0 Å². The summed E-state index contributed by atoms with van der Waals surface area (Å²) in [7, 11) is 0. The van der Waals surface area contributed by atoms with E-state index >= 15 is 0 Å². The normalized spacial score (nSPS) is 10.7. The number of nitrogens with one attached hydrogen (secondary N) is 1. The Labute approximate surface area is 147 Å². The quantitative estimate of drug-likeness (QED) is 0.762. The fraction of sp³-hybridized carbons (Fsp3) is 0.333. The molecular formula is C18H22ClN3O2. The van der Waals surface area contributed by atoms with Gasteiger partial charge in [-0.3, -0.25) is 0 Å². The lowest BCUT2D eigenvalue weighted by Gasteiger charge is -2.24. The van der Waals surface area contributed by atoms with Crippen LogP contribution in [0.1, 0.15) is 31.1 Å². The average molecular weight is 348 g/mol. The molecule has 24 heavy (non-hydrogen) atoms.